The summed E-state index contributed by atoms with van der Waals surface area (Å²) >= 11 is 1.73. The van der Waals surface area contributed by atoms with Crippen LogP contribution in [0.1, 0.15) is 11.5 Å². The van der Waals surface area contributed by atoms with Crippen molar-refractivity contribution in [3.63, 3.8) is 0 Å². The average molecular weight is 392 g/mol. The van der Waals surface area contributed by atoms with E-state index in [9.17, 15) is 0 Å². The molecule has 0 N–H and O–H groups in total. The molecule has 1 aromatic carbocycles. The van der Waals surface area contributed by atoms with Crippen molar-refractivity contribution in [1.82, 2.24) is 20.0 Å². The van der Waals surface area contributed by atoms with E-state index in [0.29, 0.717) is 0 Å². The smallest absolute Gasteiger partial charge is 0.150 e. The van der Waals surface area contributed by atoms with Gasteiger partial charge in [0.05, 0.1) is 17.6 Å². The zero-order valence-corrected chi connectivity index (χ0v) is 16.5. The molecule has 3 aromatic heterocycles. The van der Waals surface area contributed by atoms with E-state index in [1.54, 1.807) is 17.7 Å². The van der Waals surface area contributed by atoms with Crippen LogP contribution in [0, 0.1) is 6.92 Å². The Bertz CT molecular complexity index is 1080. The third-order valence-corrected chi connectivity index (χ3v) is 6.19. The lowest BCUT2D eigenvalue weighted by atomic mass is 10.2. The quantitative estimate of drug-likeness (QED) is 0.525. The number of rotatable bonds is 4. The van der Waals surface area contributed by atoms with Gasteiger partial charge in [0, 0.05) is 37.1 Å². The molecule has 28 heavy (non-hydrogen) atoms. The normalized spacial score (nSPS) is 15.4. The molecule has 1 aliphatic heterocycles. The monoisotopic (exact) mass is 391 g/mol. The van der Waals surface area contributed by atoms with Crippen LogP contribution in [0.25, 0.3) is 20.7 Å². The van der Waals surface area contributed by atoms with Gasteiger partial charge in [-0.05, 0) is 18.6 Å². The molecule has 4 heterocycles. The highest BCUT2D eigenvalue weighted by Gasteiger charge is 2.22. The van der Waals surface area contributed by atoms with Gasteiger partial charge < -0.3 is 9.42 Å². The fourth-order valence-corrected chi connectivity index (χ4v) is 4.67. The number of benzene rings is 1. The molecule has 0 saturated carbocycles. The van der Waals surface area contributed by atoms with E-state index < -0.39 is 0 Å². The van der Waals surface area contributed by atoms with Gasteiger partial charge in [-0.2, -0.15) is 0 Å². The number of aromatic nitrogens is 3. The van der Waals surface area contributed by atoms with Crippen molar-refractivity contribution in [2.75, 3.05) is 31.1 Å². The number of anilines is 1. The lowest BCUT2D eigenvalue weighted by Gasteiger charge is -2.35. The molecule has 0 unspecified atom stereocenters. The van der Waals surface area contributed by atoms with E-state index in [1.807, 2.05) is 19.1 Å². The number of piperazine rings is 1. The molecule has 0 spiro atoms. The zero-order valence-electron chi connectivity index (χ0n) is 15.7. The maximum absolute atomic E-state index is 5.36. The summed E-state index contributed by atoms with van der Waals surface area (Å²) < 4.78 is 5.36. The maximum atomic E-state index is 5.36. The number of fused-ring (bicyclic) bond motifs is 1. The van der Waals surface area contributed by atoms with Crippen molar-refractivity contribution in [2.45, 2.75) is 13.5 Å². The summed E-state index contributed by atoms with van der Waals surface area (Å²) in [5.41, 5.74) is 2.16. The molecule has 1 fully saturated rings. The largest absolute Gasteiger partial charge is 0.360 e. The zero-order chi connectivity index (χ0) is 18.9. The number of hydrogen-bond acceptors (Lipinski definition) is 7. The highest BCUT2D eigenvalue weighted by Crippen LogP contribution is 2.36. The topological polar surface area (TPSA) is 58.3 Å². The molecule has 142 valence electrons. The first-order valence-corrected chi connectivity index (χ1v) is 10.3. The summed E-state index contributed by atoms with van der Waals surface area (Å²) in [5.74, 6) is 1.97. The molecule has 7 heteroatoms. The van der Waals surface area contributed by atoms with Gasteiger partial charge in [0.15, 0.2) is 5.76 Å². The Morgan fingerprint density at radius 3 is 2.61 bits per heavy atom. The van der Waals surface area contributed by atoms with Gasteiger partial charge in [0.25, 0.3) is 0 Å². The summed E-state index contributed by atoms with van der Waals surface area (Å²) in [6.07, 6.45) is 1.69. The van der Waals surface area contributed by atoms with Gasteiger partial charge >= 0.3 is 0 Å². The van der Waals surface area contributed by atoms with Crippen molar-refractivity contribution in [1.29, 1.82) is 0 Å². The first-order valence-electron chi connectivity index (χ1n) is 9.46. The Morgan fingerprint density at radius 2 is 1.86 bits per heavy atom. The standard InChI is InChI=1S/C21H21N5OS/c1-15-11-17(27-24-15)13-25-7-9-26(10-8-25)20-18-12-19(16-5-3-2-4-6-16)28-21(18)23-14-22-20/h2-6,11-12,14H,7-10,13H2,1H3. The Kier molecular flexibility index (Phi) is 4.54. The molecule has 0 atom stereocenters. The number of nitrogens with zero attached hydrogens (tertiary/aromatic N) is 5. The van der Waals surface area contributed by atoms with Crippen LogP contribution >= 0.6 is 11.3 Å². The number of aryl methyl sites for hydroxylation is 1. The van der Waals surface area contributed by atoms with Crippen molar-refractivity contribution in [2.24, 2.45) is 0 Å². The van der Waals surface area contributed by atoms with Crippen molar-refractivity contribution in [3.8, 4) is 10.4 Å². The van der Waals surface area contributed by atoms with Crippen LogP contribution in [0.3, 0.4) is 0 Å². The second-order valence-corrected chi connectivity index (χ2v) is 8.12. The predicted molar refractivity (Wildman–Crippen MR) is 112 cm³/mol. The van der Waals surface area contributed by atoms with E-state index in [-0.39, 0.29) is 0 Å². The van der Waals surface area contributed by atoms with E-state index >= 15 is 0 Å². The van der Waals surface area contributed by atoms with Crippen molar-refractivity contribution < 1.29 is 4.52 Å². The van der Waals surface area contributed by atoms with Crippen molar-refractivity contribution in [3.05, 3.63) is 60.2 Å². The molecule has 5 rings (SSSR count). The summed E-state index contributed by atoms with van der Waals surface area (Å²) in [6.45, 7) is 6.59. The number of hydrogen-bond donors (Lipinski definition) is 0. The molecule has 0 aliphatic carbocycles. The summed E-state index contributed by atoms with van der Waals surface area (Å²) in [7, 11) is 0. The molecule has 0 amide bonds. The minimum absolute atomic E-state index is 0.810. The first-order chi connectivity index (χ1) is 13.8. The molecule has 1 saturated heterocycles. The molecular weight excluding hydrogens is 370 g/mol. The van der Waals surface area contributed by atoms with Gasteiger partial charge in [-0.3, -0.25) is 4.90 Å². The van der Waals surface area contributed by atoms with Gasteiger partial charge in [-0.25, -0.2) is 9.97 Å². The number of thiophene rings is 1. The van der Waals surface area contributed by atoms with Gasteiger partial charge in [0.2, 0.25) is 0 Å². The molecule has 6 nitrogen and oxygen atoms in total. The van der Waals surface area contributed by atoms with E-state index in [1.165, 1.54) is 10.4 Å². The van der Waals surface area contributed by atoms with Gasteiger partial charge in [-0.15, -0.1) is 11.3 Å². The second kappa shape index (κ2) is 7.33. The van der Waals surface area contributed by atoms with Crippen LogP contribution in [0.4, 0.5) is 5.82 Å². The fourth-order valence-electron chi connectivity index (χ4n) is 3.67. The Hall–Kier alpha value is -2.77. The van der Waals surface area contributed by atoms with Crippen LogP contribution in [0.15, 0.2) is 53.3 Å². The summed E-state index contributed by atoms with van der Waals surface area (Å²) in [6, 6.07) is 14.7. The Balaban J connectivity index is 1.34. The third kappa shape index (κ3) is 3.39. The van der Waals surface area contributed by atoms with Crippen LogP contribution in [0.5, 0.6) is 0 Å². The van der Waals surface area contributed by atoms with Crippen LogP contribution < -0.4 is 4.90 Å². The van der Waals surface area contributed by atoms with Crippen LogP contribution in [-0.2, 0) is 6.54 Å². The predicted octanol–water partition coefficient (Wildman–Crippen LogP) is 3.98. The second-order valence-electron chi connectivity index (χ2n) is 7.09. The molecular formula is C21H21N5OS. The Labute approximate surface area is 167 Å². The SMILES string of the molecule is Cc1cc(CN2CCN(c3ncnc4sc(-c5ccccc5)cc34)CC2)on1. The van der Waals surface area contributed by atoms with Crippen LogP contribution in [-0.4, -0.2) is 46.2 Å². The minimum Gasteiger partial charge on any atom is -0.360 e. The molecule has 0 bridgehead atoms. The fraction of sp³-hybridized carbons (Fsp3) is 0.286. The van der Waals surface area contributed by atoms with E-state index in [0.717, 1.165) is 60.2 Å². The minimum atomic E-state index is 0.810. The lowest BCUT2D eigenvalue weighted by Crippen LogP contribution is -2.46. The molecule has 0 radical (unpaired) electrons. The van der Waals surface area contributed by atoms with Crippen molar-refractivity contribution >= 4 is 27.4 Å². The maximum Gasteiger partial charge on any atom is 0.150 e. The molecule has 4 aromatic rings. The Morgan fingerprint density at radius 1 is 1.04 bits per heavy atom. The van der Waals surface area contributed by atoms with E-state index in [4.69, 9.17) is 4.52 Å². The average Bonchev–Trinajstić information content (AvgIpc) is 3.35. The van der Waals surface area contributed by atoms with Gasteiger partial charge in [-0.1, -0.05) is 35.5 Å². The summed E-state index contributed by atoms with van der Waals surface area (Å²) in [5, 5.41) is 5.12. The van der Waals surface area contributed by atoms with Gasteiger partial charge in [0.1, 0.15) is 17.0 Å². The van der Waals surface area contributed by atoms with Crippen LogP contribution in [0.2, 0.25) is 0 Å². The summed E-state index contributed by atoms with van der Waals surface area (Å²) in [4.78, 5) is 16.2. The van der Waals surface area contributed by atoms with E-state index in [2.05, 4.69) is 55.3 Å². The highest BCUT2D eigenvalue weighted by molar-refractivity contribution is 7.21. The third-order valence-electron chi connectivity index (χ3n) is 5.09. The first kappa shape index (κ1) is 17.3. The lowest BCUT2D eigenvalue weighted by molar-refractivity contribution is 0.219. The highest BCUT2D eigenvalue weighted by atomic mass is 32.1. The molecule has 1 aliphatic rings.